The van der Waals surface area contributed by atoms with E-state index in [4.69, 9.17) is 19.5 Å². The molecule has 0 amide bonds. The van der Waals surface area contributed by atoms with Crippen molar-refractivity contribution in [3.8, 4) is 0 Å². The second kappa shape index (κ2) is 37.8. The number of rotatable bonds is 40. The minimum absolute atomic E-state index is 0.0118. The number of nitrogens with two attached hydrogens (primary N) is 1. The molecule has 0 bridgehead atoms. The number of ether oxygens (including phenoxy) is 2. The molecule has 0 fully saturated rings. The Morgan fingerprint density at radius 2 is 0.739 bits per heavy atom. The fraction of sp³-hybridized carbons (Fsp3) is 1.00. The molecule has 0 rings (SSSR count). The lowest BCUT2D eigenvalue weighted by Crippen LogP contribution is -2.26. The average Bonchev–Trinajstić information content (AvgIpc) is 3.03. The van der Waals surface area contributed by atoms with Gasteiger partial charge >= 0.3 is 7.75 Å². The third-order valence-corrected chi connectivity index (χ3v) is 9.76. The molecule has 0 aliphatic heterocycles. The van der Waals surface area contributed by atoms with Crippen LogP contribution in [0.5, 0.6) is 0 Å². The summed E-state index contributed by atoms with van der Waals surface area (Å²) >= 11 is 0. The van der Waals surface area contributed by atoms with Crippen LogP contribution in [-0.4, -0.2) is 37.4 Å². The number of hydrogen-bond donors (Lipinski definition) is 2. The van der Waals surface area contributed by atoms with Gasteiger partial charge in [-0.3, -0.25) is 4.52 Å². The zero-order valence-electron chi connectivity index (χ0n) is 31.1. The summed E-state index contributed by atoms with van der Waals surface area (Å²) in [6.07, 6.45) is 42.8. The molecule has 278 valence electrons. The fourth-order valence-corrected chi connectivity index (χ4v) is 6.58. The maximum absolute atomic E-state index is 11.4. The molecule has 0 radical (unpaired) electrons. The van der Waals surface area contributed by atoms with E-state index in [9.17, 15) is 9.46 Å². The van der Waals surface area contributed by atoms with Crippen molar-refractivity contribution in [2.45, 2.75) is 225 Å². The SMILES string of the molecule is CCCCCCCCCCCCCCCCCCOC[C@H](COP(N)(=O)O)OCCCCCCCCCCCCCCCCCC. The van der Waals surface area contributed by atoms with Crippen LogP contribution in [0.2, 0.25) is 0 Å². The fourth-order valence-electron chi connectivity index (χ4n) is 6.20. The zero-order chi connectivity index (χ0) is 33.7. The third kappa shape index (κ3) is 40.2. The van der Waals surface area contributed by atoms with Gasteiger partial charge in [-0.05, 0) is 12.8 Å². The molecule has 0 aromatic rings. The van der Waals surface area contributed by atoms with E-state index < -0.39 is 7.75 Å². The van der Waals surface area contributed by atoms with Crippen molar-refractivity contribution in [2.75, 3.05) is 26.4 Å². The Kier molecular flexibility index (Phi) is 37.9. The molecule has 0 aliphatic carbocycles. The molecule has 0 heterocycles. The summed E-state index contributed by atoms with van der Waals surface area (Å²) in [4.78, 5) is 9.33. The first-order valence-corrected chi connectivity index (χ1v) is 22.1. The highest BCUT2D eigenvalue weighted by atomic mass is 31.2. The van der Waals surface area contributed by atoms with Gasteiger partial charge in [0.2, 0.25) is 0 Å². The molecule has 0 spiro atoms. The monoisotopic (exact) mass is 676 g/mol. The first-order chi connectivity index (χ1) is 22.5. The van der Waals surface area contributed by atoms with E-state index in [1.165, 1.54) is 186 Å². The van der Waals surface area contributed by atoms with Gasteiger partial charge in [0.25, 0.3) is 0 Å². The van der Waals surface area contributed by atoms with Crippen molar-refractivity contribution < 1.29 is 23.5 Å². The van der Waals surface area contributed by atoms with Crippen LogP contribution in [0, 0.1) is 0 Å². The summed E-state index contributed by atoms with van der Waals surface area (Å²) in [7, 11) is -4.01. The Labute approximate surface area is 288 Å². The molecule has 1 unspecified atom stereocenters. The molecule has 46 heavy (non-hydrogen) atoms. The van der Waals surface area contributed by atoms with Gasteiger partial charge in [-0.2, -0.15) is 0 Å². The van der Waals surface area contributed by atoms with E-state index in [0.29, 0.717) is 19.8 Å². The maximum atomic E-state index is 11.4. The normalized spacial score (nSPS) is 13.7. The Bertz CT molecular complexity index is 617. The Morgan fingerprint density at radius 1 is 0.457 bits per heavy atom. The molecule has 0 aliphatic rings. The smallest absolute Gasteiger partial charge is 0.379 e. The van der Waals surface area contributed by atoms with Gasteiger partial charge in [-0.25, -0.2) is 10.1 Å². The Balaban J connectivity index is 3.62. The Morgan fingerprint density at radius 3 is 1.04 bits per heavy atom. The summed E-state index contributed by atoms with van der Waals surface area (Å²) in [5.74, 6) is 0. The lowest BCUT2D eigenvalue weighted by molar-refractivity contribution is -0.0403. The van der Waals surface area contributed by atoms with Crippen molar-refractivity contribution in [3.63, 3.8) is 0 Å². The Hall–Kier alpha value is 0.0300. The van der Waals surface area contributed by atoms with E-state index in [0.717, 1.165) is 19.3 Å². The summed E-state index contributed by atoms with van der Waals surface area (Å²) in [6, 6.07) is 0. The van der Waals surface area contributed by atoms with Gasteiger partial charge in [-0.15, -0.1) is 0 Å². The lowest BCUT2D eigenvalue weighted by atomic mass is 10.0. The van der Waals surface area contributed by atoms with E-state index in [1.807, 2.05) is 0 Å². The predicted octanol–water partition coefficient (Wildman–Crippen LogP) is 13.0. The van der Waals surface area contributed by atoms with E-state index in [-0.39, 0.29) is 12.7 Å². The predicted molar refractivity (Wildman–Crippen MR) is 200 cm³/mol. The molecule has 0 aromatic carbocycles. The second-order valence-corrected chi connectivity index (χ2v) is 15.4. The van der Waals surface area contributed by atoms with Crippen molar-refractivity contribution in [1.29, 1.82) is 0 Å². The maximum Gasteiger partial charge on any atom is 0.400 e. The van der Waals surface area contributed by atoms with Gasteiger partial charge in [0, 0.05) is 13.2 Å². The van der Waals surface area contributed by atoms with Crippen molar-refractivity contribution >= 4 is 7.75 Å². The van der Waals surface area contributed by atoms with Crippen LogP contribution in [0.25, 0.3) is 0 Å². The summed E-state index contributed by atoms with van der Waals surface area (Å²) < 4.78 is 28.2. The van der Waals surface area contributed by atoms with Gasteiger partial charge < -0.3 is 14.4 Å². The second-order valence-electron chi connectivity index (χ2n) is 14.0. The van der Waals surface area contributed by atoms with E-state index in [2.05, 4.69) is 13.8 Å². The highest BCUT2D eigenvalue weighted by molar-refractivity contribution is 7.50. The van der Waals surface area contributed by atoms with Gasteiger partial charge in [0.05, 0.1) is 13.2 Å². The molecule has 0 saturated carbocycles. The van der Waals surface area contributed by atoms with Gasteiger partial charge in [0.1, 0.15) is 6.10 Å². The summed E-state index contributed by atoms with van der Waals surface area (Å²) in [5, 5.41) is 0. The van der Waals surface area contributed by atoms with E-state index in [1.54, 1.807) is 0 Å². The average molecular weight is 676 g/mol. The van der Waals surface area contributed by atoms with Crippen LogP contribution in [0.4, 0.5) is 0 Å². The molecule has 0 saturated heterocycles. The van der Waals surface area contributed by atoms with Crippen LogP contribution in [0.3, 0.4) is 0 Å². The quantitative estimate of drug-likeness (QED) is 0.0496. The molecule has 2 atom stereocenters. The molecule has 0 aromatic heterocycles. The van der Waals surface area contributed by atoms with Gasteiger partial charge in [-0.1, -0.05) is 206 Å². The first-order valence-electron chi connectivity index (χ1n) is 20.4. The van der Waals surface area contributed by atoms with Crippen molar-refractivity contribution in [2.24, 2.45) is 5.50 Å². The van der Waals surface area contributed by atoms with Gasteiger partial charge in [0.15, 0.2) is 0 Å². The third-order valence-electron chi connectivity index (χ3n) is 9.24. The topological polar surface area (TPSA) is 91.0 Å². The first kappa shape index (κ1) is 46.0. The summed E-state index contributed by atoms with van der Waals surface area (Å²) in [6.45, 7) is 6.24. The molecular formula is C39H82NO5P. The van der Waals surface area contributed by atoms with Crippen molar-refractivity contribution in [1.82, 2.24) is 0 Å². The highest BCUT2D eigenvalue weighted by Gasteiger charge is 2.17. The standard InChI is InChI=1S/C39H82NO5P/c1-3-5-7-9-11-13-15-17-19-21-23-25-27-29-31-33-35-43-37-39(38-45-46(40,41)42)44-36-34-32-30-28-26-24-22-20-18-16-14-12-10-8-6-4-2/h39H,3-38H2,1-2H3,(H3,40,41,42)/t39-/m1/s1. The number of hydrogen-bond acceptors (Lipinski definition) is 4. The van der Waals surface area contributed by atoms with E-state index >= 15 is 0 Å². The van der Waals surface area contributed by atoms with Crippen LogP contribution < -0.4 is 5.50 Å². The molecule has 3 N–H and O–H groups in total. The zero-order valence-corrected chi connectivity index (χ0v) is 32.0. The molecule has 7 heteroatoms. The largest absolute Gasteiger partial charge is 0.400 e. The van der Waals surface area contributed by atoms with Crippen LogP contribution in [0.1, 0.15) is 219 Å². The molecule has 6 nitrogen and oxygen atoms in total. The van der Waals surface area contributed by atoms with Crippen LogP contribution >= 0.6 is 7.75 Å². The lowest BCUT2D eigenvalue weighted by Gasteiger charge is -2.19. The molecular weight excluding hydrogens is 593 g/mol. The van der Waals surface area contributed by atoms with Crippen LogP contribution in [0.15, 0.2) is 0 Å². The summed E-state index contributed by atoms with van der Waals surface area (Å²) in [5.41, 5.74) is 5.17. The number of unbranched alkanes of at least 4 members (excludes halogenated alkanes) is 30. The van der Waals surface area contributed by atoms with Crippen molar-refractivity contribution in [3.05, 3.63) is 0 Å². The van der Waals surface area contributed by atoms with Crippen LogP contribution in [-0.2, 0) is 18.6 Å². The highest BCUT2D eigenvalue weighted by Crippen LogP contribution is 2.31. The minimum Gasteiger partial charge on any atom is -0.379 e. The minimum atomic E-state index is -4.01.